The molecule has 47 heavy (non-hydrogen) atoms. The first kappa shape index (κ1) is 33.5. The van der Waals surface area contributed by atoms with Gasteiger partial charge >= 0.3 is 6.11 Å². The van der Waals surface area contributed by atoms with Crippen molar-refractivity contribution < 1.29 is 44.6 Å². The first-order chi connectivity index (χ1) is 22.4. The monoisotopic (exact) mass is 656 g/mol. The molecule has 0 N–H and O–H groups in total. The lowest BCUT2D eigenvalue weighted by molar-refractivity contribution is -0.187. The Labute approximate surface area is 266 Å². The van der Waals surface area contributed by atoms with Crippen molar-refractivity contribution in [3.63, 3.8) is 0 Å². The van der Waals surface area contributed by atoms with Gasteiger partial charge in [-0.3, -0.25) is 0 Å². The molecule has 244 valence electrons. The highest BCUT2D eigenvalue weighted by atomic mass is 19.3. The van der Waals surface area contributed by atoms with Crippen LogP contribution in [-0.4, -0.2) is 0 Å². The second-order valence-electron chi connectivity index (χ2n) is 10.9. The van der Waals surface area contributed by atoms with E-state index in [1.165, 1.54) is 29.8 Å². The third kappa shape index (κ3) is 7.93. The Hall–Kier alpha value is -4.86. The highest BCUT2D eigenvalue weighted by Crippen LogP contribution is 2.36. The van der Waals surface area contributed by atoms with Gasteiger partial charge in [0.1, 0.15) is 24.0 Å². The zero-order valence-electron chi connectivity index (χ0n) is 25.0. The first-order valence-corrected chi connectivity index (χ1v) is 14.8. The van der Waals surface area contributed by atoms with Gasteiger partial charge in [0.25, 0.3) is 0 Å². The van der Waals surface area contributed by atoms with Crippen LogP contribution in [0.1, 0.15) is 42.9 Å². The van der Waals surface area contributed by atoms with Crippen LogP contribution in [0.2, 0.25) is 0 Å². The Morgan fingerprint density at radius 1 is 0.574 bits per heavy atom. The van der Waals surface area contributed by atoms with Crippen molar-refractivity contribution in [1.82, 2.24) is 0 Å². The van der Waals surface area contributed by atoms with Crippen molar-refractivity contribution in [3.05, 3.63) is 143 Å². The van der Waals surface area contributed by atoms with Crippen LogP contribution >= 0.6 is 0 Å². The SMILES string of the molecule is CCCCCc1ccc(-c2ccc(OCc3ccc(-c4ccc(C(F)(F)Oc5cc(F)c(F)c(F)c5)c(F)c4)c(F)c3)c(F)c2)cc1. The minimum atomic E-state index is -4.41. The Kier molecular flexibility index (Phi) is 10.2. The van der Waals surface area contributed by atoms with Crippen LogP contribution in [0.5, 0.6) is 11.5 Å². The normalized spacial score (nSPS) is 11.5. The van der Waals surface area contributed by atoms with Crippen LogP contribution in [0.4, 0.5) is 35.1 Å². The van der Waals surface area contributed by atoms with Gasteiger partial charge in [0.2, 0.25) is 0 Å². The molecule has 0 saturated carbocycles. The van der Waals surface area contributed by atoms with Gasteiger partial charge in [-0.2, -0.15) is 8.78 Å². The molecule has 0 fully saturated rings. The van der Waals surface area contributed by atoms with Crippen molar-refractivity contribution in [2.75, 3.05) is 0 Å². The number of benzene rings is 5. The summed E-state index contributed by atoms with van der Waals surface area (Å²) in [5, 5.41) is 0. The summed E-state index contributed by atoms with van der Waals surface area (Å²) < 4.78 is 124. The van der Waals surface area contributed by atoms with Crippen LogP contribution in [0.15, 0.2) is 91.0 Å². The standard InChI is InChI=1S/C37H28F8O2/c1-2-3-4-5-22-6-9-24(10-7-22)25-12-15-35(32(40)17-25)46-21-23-8-13-28(30(38)16-23)26-11-14-29(31(39)18-26)37(44,45)47-27-19-33(41)36(43)34(42)20-27/h6-20H,2-5,21H2,1H3. The molecule has 5 aromatic rings. The molecule has 0 heterocycles. The molecular weight excluding hydrogens is 628 g/mol. The fourth-order valence-corrected chi connectivity index (χ4v) is 5.00. The summed E-state index contributed by atoms with van der Waals surface area (Å²) in [6.07, 6.45) is -0.000593. The number of hydrogen-bond donors (Lipinski definition) is 0. The summed E-state index contributed by atoms with van der Waals surface area (Å²) >= 11 is 0. The Balaban J connectivity index is 1.24. The highest BCUT2D eigenvalue weighted by Gasteiger charge is 2.38. The maximum atomic E-state index is 15.0. The van der Waals surface area contributed by atoms with Crippen LogP contribution in [0, 0.1) is 34.9 Å². The molecule has 0 aromatic heterocycles. The van der Waals surface area contributed by atoms with Gasteiger partial charge in [-0.1, -0.05) is 68.3 Å². The maximum absolute atomic E-state index is 15.0. The molecule has 0 radical (unpaired) electrons. The molecule has 0 atom stereocenters. The smallest absolute Gasteiger partial charge is 0.429 e. The molecule has 0 aliphatic carbocycles. The Bertz CT molecular complexity index is 1850. The van der Waals surface area contributed by atoms with E-state index >= 15 is 4.39 Å². The maximum Gasteiger partial charge on any atom is 0.429 e. The predicted octanol–water partition coefficient (Wildman–Crippen LogP) is 11.3. The van der Waals surface area contributed by atoms with Crippen molar-refractivity contribution in [2.24, 2.45) is 0 Å². The topological polar surface area (TPSA) is 18.5 Å². The fourth-order valence-electron chi connectivity index (χ4n) is 5.00. The van der Waals surface area contributed by atoms with E-state index in [0.717, 1.165) is 43.4 Å². The molecule has 0 saturated heterocycles. The zero-order valence-corrected chi connectivity index (χ0v) is 25.0. The summed E-state index contributed by atoms with van der Waals surface area (Å²) in [5.74, 6) is -9.46. The van der Waals surface area contributed by atoms with Gasteiger partial charge in [-0.05, 0) is 71.0 Å². The minimum Gasteiger partial charge on any atom is -0.486 e. The number of ether oxygens (including phenoxy) is 2. The van der Waals surface area contributed by atoms with Gasteiger partial charge in [0.05, 0.1) is 5.56 Å². The number of halogens is 8. The molecule has 2 nitrogen and oxygen atoms in total. The predicted molar refractivity (Wildman–Crippen MR) is 162 cm³/mol. The number of unbranched alkanes of at least 4 members (excludes halogenated alkanes) is 2. The summed E-state index contributed by atoms with van der Waals surface area (Å²) in [6.45, 7) is 1.96. The van der Waals surface area contributed by atoms with Crippen molar-refractivity contribution in [3.8, 4) is 33.8 Å². The molecule has 5 aromatic carbocycles. The number of hydrogen-bond acceptors (Lipinski definition) is 2. The molecule has 0 amide bonds. The number of rotatable bonds is 12. The number of aryl methyl sites for hydroxylation is 1. The average Bonchev–Trinajstić information content (AvgIpc) is 3.03. The fraction of sp³-hybridized carbons (Fsp3) is 0.189. The molecule has 0 unspecified atom stereocenters. The van der Waals surface area contributed by atoms with E-state index in [2.05, 4.69) is 11.7 Å². The lowest BCUT2D eigenvalue weighted by atomic mass is 10.0. The number of alkyl halides is 2. The Morgan fingerprint density at radius 3 is 1.85 bits per heavy atom. The third-order valence-electron chi connectivity index (χ3n) is 7.51. The third-order valence-corrected chi connectivity index (χ3v) is 7.51. The van der Waals surface area contributed by atoms with Crippen molar-refractivity contribution in [1.29, 1.82) is 0 Å². The van der Waals surface area contributed by atoms with E-state index in [1.54, 1.807) is 6.07 Å². The molecule has 0 spiro atoms. The highest BCUT2D eigenvalue weighted by molar-refractivity contribution is 5.66. The Morgan fingerprint density at radius 2 is 1.21 bits per heavy atom. The summed E-state index contributed by atoms with van der Waals surface area (Å²) in [5.41, 5.74) is 1.54. The van der Waals surface area contributed by atoms with Crippen LogP contribution in [0.25, 0.3) is 22.3 Å². The van der Waals surface area contributed by atoms with Crippen molar-refractivity contribution >= 4 is 0 Å². The molecule has 0 bridgehead atoms. The van der Waals surface area contributed by atoms with E-state index < -0.39 is 52.3 Å². The second-order valence-corrected chi connectivity index (χ2v) is 10.9. The van der Waals surface area contributed by atoms with Crippen LogP contribution < -0.4 is 9.47 Å². The van der Waals surface area contributed by atoms with Gasteiger partial charge in [0.15, 0.2) is 29.0 Å². The van der Waals surface area contributed by atoms with Gasteiger partial charge in [-0.25, -0.2) is 26.3 Å². The van der Waals surface area contributed by atoms with E-state index in [9.17, 15) is 30.7 Å². The summed E-state index contributed by atoms with van der Waals surface area (Å²) in [7, 11) is 0. The lowest BCUT2D eigenvalue weighted by Crippen LogP contribution is -2.23. The molecule has 5 rings (SSSR count). The van der Waals surface area contributed by atoms with E-state index in [0.29, 0.717) is 23.3 Å². The summed E-state index contributed by atoms with van der Waals surface area (Å²) in [6, 6.07) is 19.0. The lowest BCUT2D eigenvalue weighted by Gasteiger charge is -2.19. The van der Waals surface area contributed by atoms with Crippen LogP contribution in [0.3, 0.4) is 0 Å². The minimum absolute atomic E-state index is 0.0404. The quantitative estimate of drug-likeness (QED) is 0.0756. The average molecular weight is 657 g/mol. The van der Waals surface area contributed by atoms with Gasteiger partial charge in [0, 0.05) is 17.7 Å². The van der Waals surface area contributed by atoms with Crippen LogP contribution in [-0.2, 0) is 19.1 Å². The largest absolute Gasteiger partial charge is 0.486 e. The molecular formula is C37H28F8O2. The van der Waals surface area contributed by atoms with Crippen molar-refractivity contribution in [2.45, 2.75) is 45.3 Å². The molecule has 0 aliphatic rings. The zero-order chi connectivity index (χ0) is 33.7. The van der Waals surface area contributed by atoms with E-state index in [4.69, 9.17) is 4.74 Å². The van der Waals surface area contributed by atoms with E-state index in [1.807, 2.05) is 24.3 Å². The molecule has 0 aliphatic heterocycles. The summed E-state index contributed by atoms with van der Waals surface area (Å²) in [4.78, 5) is 0. The van der Waals surface area contributed by atoms with Gasteiger partial charge in [-0.15, -0.1) is 0 Å². The first-order valence-electron chi connectivity index (χ1n) is 14.8. The van der Waals surface area contributed by atoms with Gasteiger partial charge < -0.3 is 9.47 Å². The second kappa shape index (κ2) is 14.3. The molecule has 10 heteroatoms. The van der Waals surface area contributed by atoms with E-state index in [-0.39, 0.29) is 35.6 Å².